The molecule has 2 N–H and O–H groups in total. The molecule has 0 amide bonds. The highest BCUT2D eigenvalue weighted by molar-refractivity contribution is 5.48. The highest BCUT2D eigenvalue weighted by atomic mass is 15.3. The standard InChI is InChI=1S/C20H27N3/c1-16-6-8-18(9-7-16)20(15-21)23-12-10-22(11-13-23)19-5-3-4-17(2)14-19/h3-9,14,20H,10-13,15,21H2,1-2H3. The molecule has 23 heavy (non-hydrogen) atoms. The van der Waals surface area contributed by atoms with Crippen LogP contribution in [0.2, 0.25) is 0 Å². The predicted octanol–water partition coefficient (Wildman–Crippen LogP) is 3.13. The summed E-state index contributed by atoms with van der Waals surface area (Å²) in [6.45, 7) is 9.20. The zero-order valence-electron chi connectivity index (χ0n) is 14.2. The second kappa shape index (κ2) is 7.16. The molecule has 0 radical (unpaired) electrons. The molecule has 1 aliphatic heterocycles. The van der Waals surface area contributed by atoms with Gasteiger partial charge in [0.15, 0.2) is 0 Å². The largest absolute Gasteiger partial charge is 0.369 e. The molecule has 122 valence electrons. The lowest BCUT2D eigenvalue weighted by Gasteiger charge is -2.40. The molecule has 3 heteroatoms. The number of aryl methyl sites for hydroxylation is 2. The normalized spacial score (nSPS) is 17.3. The van der Waals surface area contributed by atoms with Crippen LogP contribution in [0.1, 0.15) is 22.7 Å². The Morgan fingerprint density at radius 2 is 1.61 bits per heavy atom. The van der Waals surface area contributed by atoms with Gasteiger partial charge in [-0.2, -0.15) is 0 Å². The Hall–Kier alpha value is -1.84. The number of rotatable bonds is 4. The van der Waals surface area contributed by atoms with Crippen molar-refractivity contribution in [3.63, 3.8) is 0 Å². The van der Waals surface area contributed by atoms with Crippen LogP contribution in [0.4, 0.5) is 5.69 Å². The quantitative estimate of drug-likeness (QED) is 0.942. The number of piperazine rings is 1. The fraction of sp³-hybridized carbons (Fsp3) is 0.400. The molecule has 0 aromatic heterocycles. The predicted molar refractivity (Wildman–Crippen MR) is 97.9 cm³/mol. The van der Waals surface area contributed by atoms with Crippen molar-refractivity contribution >= 4 is 5.69 Å². The van der Waals surface area contributed by atoms with Gasteiger partial charge in [-0.3, -0.25) is 4.90 Å². The Balaban J connectivity index is 1.66. The third-order valence-electron chi connectivity index (χ3n) is 4.81. The van der Waals surface area contributed by atoms with Gasteiger partial charge in [0.2, 0.25) is 0 Å². The summed E-state index contributed by atoms with van der Waals surface area (Å²) in [6.07, 6.45) is 0. The lowest BCUT2D eigenvalue weighted by molar-refractivity contribution is 0.190. The molecule has 3 rings (SSSR count). The van der Waals surface area contributed by atoms with E-state index < -0.39 is 0 Å². The van der Waals surface area contributed by atoms with E-state index in [-0.39, 0.29) is 0 Å². The zero-order chi connectivity index (χ0) is 16.2. The fourth-order valence-electron chi connectivity index (χ4n) is 3.40. The first-order chi connectivity index (χ1) is 11.2. The van der Waals surface area contributed by atoms with E-state index in [0.29, 0.717) is 12.6 Å². The van der Waals surface area contributed by atoms with E-state index in [1.165, 1.54) is 22.4 Å². The molecule has 0 spiro atoms. The van der Waals surface area contributed by atoms with Crippen LogP contribution >= 0.6 is 0 Å². The molecular formula is C20H27N3. The maximum absolute atomic E-state index is 6.08. The van der Waals surface area contributed by atoms with Gasteiger partial charge < -0.3 is 10.6 Å². The van der Waals surface area contributed by atoms with Crippen LogP contribution in [-0.2, 0) is 0 Å². The van der Waals surface area contributed by atoms with E-state index in [9.17, 15) is 0 Å². The van der Waals surface area contributed by atoms with Crippen molar-refractivity contribution in [3.05, 3.63) is 65.2 Å². The Bertz CT molecular complexity index is 628. The minimum absolute atomic E-state index is 0.329. The van der Waals surface area contributed by atoms with Crippen LogP contribution in [0.15, 0.2) is 48.5 Å². The molecule has 1 unspecified atom stereocenters. The molecular weight excluding hydrogens is 282 g/mol. The van der Waals surface area contributed by atoms with E-state index in [4.69, 9.17) is 5.73 Å². The van der Waals surface area contributed by atoms with Crippen molar-refractivity contribution in [2.24, 2.45) is 5.73 Å². The van der Waals surface area contributed by atoms with Crippen molar-refractivity contribution in [3.8, 4) is 0 Å². The van der Waals surface area contributed by atoms with Gasteiger partial charge in [-0.05, 0) is 37.1 Å². The topological polar surface area (TPSA) is 32.5 Å². The van der Waals surface area contributed by atoms with Gasteiger partial charge in [-0.25, -0.2) is 0 Å². The second-order valence-corrected chi connectivity index (χ2v) is 6.52. The average molecular weight is 309 g/mol. The minimum atomic E-state index is 0.329. The van der Waals surface area contributed by atoms with Gasteiger partial charge in [0.1, 0.15) is 0 Å². The molecule has 0 saturated carbocycles. The van der Waals surface area contributed by atoms with E-state index in [0.717, 1.165) is 26.2 Å². The zero-order valence-corrected chi connectivity index (χ0v) is 14.2. The first-order valence-electron chi connectivity index (χ1n) is 8.49. The maximum atomic E-state index is 6.08. The number of nitrogens with zero attached hydrogens (tertiary/aromatic N) is 2. The third-order valence-corrected chi connectivity index (χ3v) is 4.81. The van der Waals surface area contributed by atoms with Crippen LogP contribution in [-0.4, -0.2) is 37.6 Å². The SMILES string of the molecule is Cc1ccc(C(CN)N2CCN(c3cccc(C)c3)CC2)cc1. The lowest BCUT2D eigenvalue weighted by atomic mass is 10.0. The molecule has 0 aliphatic carbocycles. The van der Waals surface area contributed by atoms with Crippen LogP contribution in [0.5, 0.6) is 0 Å². The summed E-state index contributed by atoms with van der Waals surface area (Å²) in [7, 11) is 0. The van der Waals surface area contributed by atoms with Gasteiger partial charge in [-0.1, -0.05) is 42.0 Å². The molecule has 2 aromatic carbocycles. The number of hydrogen-bond acceptors (Lipinski definition) is 3. The summed E-state index contributed by atoms with van der Waals surface area (Å²) in [5.41, 5.74) is 11.4. The molecule has 1 fully saturated rings. The molecule has 1 heterocycles. The first-order valence-corrected chi connectivity index (χ1v) is 8.49. The minimum Gasteiger partial charge on any atom is -0.369 e. The summed E-state index contributed by atoms with van der Waals surface area (Å²) in [4.78, 5) is 5.00. The highest BCUT2D eigenvalue weighted by Gasteiger charge is 2.24. The van der Waals surface area contributed by atoms with Gasteiger partial charge in [0.05, 0.1) is 0 Å². The van der Waals surface area contributed by atoms with Crippen LogP contribution in [0.25, 0.3) is 0 Å². The fourth-order valence-corrected chi connectivity index (χ4v) is 3.40. The lowest BCUT2D eigenvalue weighted by Crippen LogP contribution is -2.49. The van der Waals surface area contributed by atoms with Gasteiger partial charge in [0.25, 0.3) is 0 Å². The molecule has 0 bridgehead atoms. The van der Waals surface area contributed by atoms with Crippen molar-refractivity contribution in [1.29, 1.82) is 0 Å². The molecule has 1 aliphatic rings. The molecule has 2 aromatic rings. The van der Waals surface area contributed by atoms with Crippen LogP contribution < -0.4 is 10.6 Å². The van der Waals surface area contributed by atoms with Gasteiger partial charge in [-0.15, -0.1) is 0 Å². The van der Waals surface area contributed by atoms with Crippen molar-refractivity contribution in [2.45, 2.75) is 19.9 Å². The van der Waals surface area contributed by atoms with E-state index in [2.05, 4.69) is 72.2 Å². The van der Waals surface area contributed by atoms with Crippen molar-refractivity contribution in [2.75, 3.05) is 37.6 Å². The van der Waals surface area contributed by atoms with Crippen molar-refractivity contribution < 1.29 is 0 Å². The van der Waals surface area contributed by atoms with Crippen molar-refractivity contribution in [1.82, 2.24) is 4.90 Å². The summed E-state index contributed by atoms with van der Waals surface area (Å²) < 4.78 is 0. The summed E-state index contributed by atoms with van der Waals surface area (Å²) in [6, 6.07) is 17.9. The summed E-state index contributed by atoms with van der Waals surface area (Å²) in [5.74, 6) is 0. The molecule has 3 nitrogen and oxygen atoms in total. The number of anilines is 1. The molecule has 1 saturated heterocycles. The van der Waals surface area contributed by atoms with E-state index >= 15 is 0 Å². The third kappa shape index (κ3) is 3.74. The van der Waals surface area contributed by atoms with E-state index in [1.807, 2.05) is 0 Å². The number of nitrogens with two attached hydrogens (primary N) is 1. The second-order valence-electron chi connectivity index (χ2n) is 6.52. The average Bonchev–Trinajstić information content (AvgIpc) is 2.58. The van der Waals surface area contributed by atoms with Crippen LogP contribution in [0, 0.1) is 13.8 Å². The van der Waals surface area contributed by atoms with E-state index in [1.54, 1.807) is 0 Å². The Morgan fingerprint density at radius 3 is 2.22 bits per heavy atom. The monoisotopic (exact) mass is 309 g/mol. The smallest absolute Gasteiger partial charge is 0.0471 e. The van der Waals surface area contributed by atoms with Gasteiger partial charge >= 0.3 is 0 Å². The Kier molecular flexibility index (Phi) is 4.99. The highest BCUT2D eigenvalue weighted by Crippen LogP contribution is 2.24. The first kappa shape index (κ1) is 16.0. The maximum Gasteiger partial charge on any atom is 0.0471 e. The van der Waals surface area contributed by atoms with Gasteiger partial charge in [0, 0.05) is 44.5 Å². The number of hydrogen-bond donors (Lipinski definition) is 1. The summed E-state index contributed by atoms with van der Waals surface area (Å²) >= 11 is 0. The Morgan fingerprint density at radius 1 is 0.913 bits per heavy atom. The summed E-state index contributed by atoms with van der Waals surface area (Å²) in [5, 5.41) is 0. The Labute approximate surface area is 139 Å². The van der Waals surface area contributed by atoms with Crippen LogP contribution in [0.3, 0.4) is 0 Å². The molecule has 1 atom stereocenters. The number of benzene rings is 2.